The van der Waals surface area contributed by atoms with E-state index in [1.165, 1.54) is 44.5 Å². The summed E-state index contributed by atoms with van der Waals surface area (Å²) < 4.78 is 5.28. The summed E-state index contributed by atoms with van der Waals surface area (Å²) in [7, 11) is 0. The van der Waals surface area contributed by atoms with Crippen molar-refractivity contribution in [3.8, 4) is 0 Å². The van der Waals surface area contributed by atoms with Crippen LogP contribution >= 0.6 is 0 Å². The third-order valence-corrected chi connectivity index (χ3v) is 4.08. The van der Waals surface area contributed by atoms with Gasteiger partial charge in [0.1, 0.15) is 5.76 Å². The number of hydrogen-bond acceptors (Lipinski definition) is 4. The minimum absolute atomic E-state index is 0.841. The van der Waals surface area contributed by atoms with Crippen molar-refractivity contribution < 1.29 is 4.52 Å². The Morgan fingerprint density at radius 1 is 1.32 bits per heavy atom. The van der Waals surface area contributed by atoms with Gasteiger partial charge in [-0.1, -0.05) is 12.1 Å². The Morgan fingerprint density at radius 3 is 2.63 bits per heavy atom. The van der Waals surface area contributed by atoms with E-state index >= 15 is 0 Å². The topological polar surface area (TPSA) is 41.3 Å². The van der Waals surface area contributed by atoms with Crippen molar-refractivity contribution in [1.82, 2.24) is 15.4 Å². The van der Waals surface area contributed by atoms with E-state index in [1.54, 1.807) is 0 Å². The Labute approximate surface area is 116 Å². The van der Waals surface area contributed by atoms with Gasteiger partial charge in [-0.15, -0.1) is 0 Å². The van der Waals surface area contributed by atoms with Crippen LogP contribution in [0.4, 0.5) is 0 Å². The van der Waals surface area contributed by atoms with Gasteiger partial charge in [0.25, 0.3) is 0 Å². The standard InChI is InChI=1S/C15H27N3O/c1-4-9-18(10-14-5-7-16-8-6-14)11-15-12(2)17-19-13(15)3/h14,16H,4-11H2,1-3H3. The maximum absolute atomic E-state index is 5.28. The highest BCUT2D eigenvalue weighted by Gasteiger charge is 2.19. The van der Waals surface area contributed by atoms with E-state index in [-0.39, 0.29) is 0 Å². The number of piperidine rings is 1. The highest BCUT2D eigenvalue weighted by Crippen LogP contribution is 2.19. The molecule has 0 bridgehead atoms. The first-order valence-electron chi connectivity index (χ1n) is 7.55. The van der Waals surface area contributed by atoms with Gasteiger partial charge in [0.2, 0.25) is 0 Å². The fourth-order valence-corrected chi connectivity index (χ4v) is 2.93. The number of nitrogens with one attached hydrogen (secondary N) is 1. The summed E-state index contributed by atoms with van der Waals surface area (Å²) in [6, 6.07) is 0. The first-order valence-corrected chi connectivity index (χ1v) is 7.55. The van der Waals surface area contributed by atoms with E-state index in [4.69, 9.17) is 4.52 Å². The van der Waals surface area contributed by atoms with E-state index in [2.05, 4.69) is 22.3 Å². The minimum Gasteiger partial charge on any atom is -0.361 e. The highest BCUT2D eigenvalue weighted by atomic mass is 16.5. The van der Waals surface area contributed by atoms with E-state index in [0.717, 1.165) is 30.5 Å². The Bertz CT molecular complexity index is 363. The molecular formula is C15H27N3O. The van der Waals surface area contributed by atoms with Gasteiger partial charge in [-0.05, 0) is 58.7 Å². The monoisotopic (exact) mass is 265 g/mol. The molecule has 0 saturated carbocycles. The van der Waals surface area contributed by atoms with E-state index < -0.39 is 0 Å². The lowest BCUT2D eigenvalue weighted by atomic mass is 9.97. The molecule has 19 heavy (non-hydrogen) atoms. The summed E-state index contributed by atoms with van der Waals surface area (Å²) in [4.78, 5) is 2.57. The molecule has 1 aromatic heterocycles. The van der Waals surface area contributed by atoms with Crippen LogP contribution in [0.15, 0.2) is 4.52 Å². The van der Waals surface area contributed by atoms with Gasteiger partial charge in [-0.2, -0.15) is 0 Å². The number of aromatic nitrogens is 1. The normalized spacial score (nSPS) is 17.3. The first kappa shape index (κ1) is 14.5. The summed E-state index contributed by atoms with van der Waals surface area (Å²) in [6.07, 6.45) is 3.82. The minimum atomic E-state index is 0.841. The molecule has 1 N–H and O–H groups in total. The molecule has 2 heterocycles. The molecule has 0 unspecified atom stereocenters. The van der Waals surface area contributed by atoms with Crippen molar-refractivity contribution in [3.63, 3.8) is 0 Å². The van der Waals surface area contributed by atoms with Crippen molar-refractivity contribution in [1.29, 1.82) is 0 Å². The third kappa shape index (κ3) is 4.05. The van der Waals surface area contributed by atoms with Crippen LogP contribution in [0.3, 0.4) is 0 Å². The molecular weight excluding hydrogens is 238 g/mol. The second-order valence-electron chi connectivity index (χ2n) is 5.73. The van der Waals surface area contributed by atoms with E-state index in [0.29, 0.717) is 0 Å². The fourth-order valence-electron chi connectivity index (χ4n) is 2.93. The van der Waals surface area contributed by atoms with E-state index in [9.17, 15) is 0 Å². The van der Waals surface area contributed by atoms with Gasteiger partial charge in [-0.25, -0.2) is 0 Å². The van der Waals surface area contributed by atoms with Crippen LogP contribution in [0.25, 0.3) is 0 Å². The second-order valence-corrected chi connectivity index (χ2v) is 5.73. The number of aryl methyl sites for hydroxylation is 2. The van der Waals surface area contributed by atoms with Crippen LogP contribution in [0.2, 0.25) is 0 Å². The summed E-state index contributed by atoms with van der Waals surface area (Å²) in [6.45, 7) is 12.0. The largest absolute Gasteiger partial charge is 0.361 e. The number of hydrogen-bond donors (Lipinski definition) is 1. The fraction of sp³-hybridized carbons (Fsp3) is 0.800. The maximum atomic E-state index is 5.28. The first-order chi connectivity index (χ1) is 9.20. The van der Waals surface area contributed by atoms with Gasteiger partial charge in [0.05, 0.1) is 5.69 Å². The molecule has 1 saturated heterocycles. The summed E-state index contributed by atoms with van der Waals surface area (Å²) in [5, 5.41) is 7.50. The van der Waals surface area contributed by atoms with E-state index in [1.807, 2.05) is 13.8 Å². The van der Waals surface area contributed by atoms with Crippen molar-refractivity contribution in [3.05, 3.63) is 17.0 Å². The van der Waals surface area contributed by atoms with Crippen LogP contribution in [0, 0.1) is 19.8 Å². The molecule has 2 rings (SSSR count). The smallest absolute Gasteiger partial charge is 0.138 e. The molecule has 0 spiro atoms. The van der Waals surface area contributed by atoms with Gasteiger partial charge in [0.15, 0.2) is 0 Å². The van der Waals surface area contributed by atoms with Crippen LogP contribution in [-0.2, 0) is 6.54 Å². The zero-order valence-corrected chi connectivity index (χ0v) is 12.5. The Morgan fingerprint density at radius 2 is 2.05 bits per heavy atom. The lowest BCUT2D eigenvalue weighted by Crippen LogP contribution is -2.36. The van der Waals surface area contributed by atoms with Crippen LogP contribution in [-0.4, -0.2) is 36.2 Å². The summed E-state index contributed by atoms with van der Waals surface area (Å²) in [5.74, 6) is 1.82. The molecule has 1 aromatic rings. The number of nitrogens with zero attached hydrogens (tertiary/aromatic N) is 2. The summed E-state index contributed by atoms with van der Waals surface area (Å²) >= 11 is 0. The zero-order valence-electron chi connectivity index (χ0n) is 12.5. The third-order valence-electron chi connectivity index (χ3n) is 4.08. The lowest BCUT2D eigenvalue weighted by Gasteiger charge is -2.29. The lowest BCUT2D eigenvalue weighted by molar-refractivity contribution is 0.197. The van der Waals surface area contributed by atoms with Crippen LogP contribution in [0.1, 0.15) is 43.2 Å². The molecule has 1 fully saturated rings. The molecule has 4 heteroatoms. The molecule has 0 amide bonds. The van der Waals surface area contributed by atoms with Crippen molar-refractivity contribution in [2.24, 2.45) is 5.92 Å². The van der Waals surface area contributed by atoms with Gasteiger partial charge in [-0.3, -0.25) is 4.90 Å². The molecule has 4 nitrogen and oxygen atoms in total. The zero-order chi connectivity index (χ0) is 13.7. The molecule has 1 aliphatic rings. The van der Waals surface area contributed by atoms with Crippen molar-refractivity contribution in [2.75, 3.05) is 26.2 Å². The summed E-state index contributed by atoms with van der Waals surface area (Å²) in [5.41, 5.74) is 2.33. The molecule has 0 radical (unpaired) electrons. The quantitative estimate of drug-likeness (QED) is 0.858. The molecule has 0 aromatic carbocycles. The Hall–Kier alpha value is -0.870. The predicted molar refractivity (Wildman–Crippen MR) is 77.1 cm³/mol. The molecule has 0 atom stereocenters. The molecule has 108 valence electrons. The molecule has 0 aliphatic carbocycles. The predicted octanol–water partition coefficient (Wildman–Crippen LogP) is 2.50. The van der Waals surface area contributed by atoms with Crippen LogP contribution < -0.4 is 5.32 Å². The average Bonchev–Trinajstić information content (AvgIpc) is 2.72. The average molecular weight is 265 g/mol. The Kier molecular flexibility index (Phi) is 5.40. The maximum Gasteiger partial charge on any atom is 0.138 e. The van der Waals surface area contributed by atoms with Crippen molar-refractivity contribution in [2.45, 2.75) is 46.6 Å². The number of rotatable bonds is 6. The van der Waals surface area contributed by atoms with Gasteiger partial charge >= 0.3 is 0 Å². The van der Waals surface area contributed by atoms with Gasteiger partial charge < -0.3 is 9.84 Å². The molecule has 1 aliphatic heterocycles. The Balaban J connectivity index is 1.95. The van der Waals surface area contributed by atoms with Crippen molar-refractivity contribution >= 4 is 0 Å². The van der Waals surface area contributed by atoms with Crippen LogP contribution in [0.5, 0.6) is 0 Å². The second kappa shape index (κ2) is 7.06. The van der Waals surface area contributed by atoms with Gasteiger partial charge in [0, 0.05) is 18.7 Å². The highest BCUT2D eigenvalue weighted by molar-refractivity contribution is 5.20. The SMILES string of the molecule is CCCN(Cc1c(C)noc1C)CC1CCNCC1.